The van der Waals surface area contributed by atoms with Crippen LogP contribution in [-0.4, -0.2) is 0 Å². The quantitative estimate of drug-likeness (QED) is 0.734. The van der Waals surface area contributed by atoms with E-state index in [1.54, 1.807) is 0 Å². The Hall–Kier alpha value is -1.16. The van der Waals surface area contributed by atoms with Crippen molar-refractivity contribution in [3.05, 3.63) is 57.1 Å². The standard InChI is InChI=1S/C15H15NS2/c1-11-6-7-17-15(11)9-16-8-12-10-18-14-5-3-2-4-13(12)14/h2-7,10,16H,8-9H2,1H3. The van der Waals surface area contributed by atoms with E-state index >= 15 is 0 Å². The summed E-state index contributed by atoms with van der Waals surface area (Å²) in [5.74, 6) is 0. The van der Waals surface area contributed by atoms with Crippen LogP contribution >= 0.6 is 22.7 Å². The predicted molar refractivity (Wildman–Crippen MR) is 81.4 cm³/mol. The number of rotatable bonds is 4. The highest BCUT2D eigenvalue weighted by molar-refractivity contribution is 7.17. The number of benzene rings is 1. The van der Waals surface area contributed by atoms with Crippen LogP contribution in [-0.2, 0) is 13.1 Å². The smallest absolute Gasteiger partial charge is 0.0346 e. The SMILES string of the molecule is Cc1ccsc1CNCc1csc2ccccc12. The zero-order valence-corrected chi connectivity index (χ0v) is 11.9. The third kappa shape index (κ3) is 2.34. The first kappa shape index (κ1) is 11.9. The first-order valence-corrected chi connectivity index (χ1v) is 7.79. The molecule has 0 saturated carbocycles. The number of nitrogens with one attached hydrogen (secondary N) is 1. The highest BCUT2D eigenvalue weighted by Gasteiger charge is 2.03. The molecule has 2 aromatic heterocycles. The molecule has 0 spiro atoms. The Morgan fingerprint density at radius 3 is 2.78 bits per heavy atom. The lowest BCUT2D eigenvalue weighted by atomic mass is 10.2. The molecule has 0 radical (unpaired) electrons. The molecule has 0 aliphatic heterocycles. The highest BCUT2D eigenvalue weighted by atomic mass is 32.1. The van der Waals surface area contributed by atoms with Gasteiger partial charge in [-0.15, -0.1) is 22.7 Å². The average molecular weight is 273 g/mol. The maximum absolute atomic E-state index is 3.54. The minimum absolute atomic E-state index is 0.946. The van der Waals surface area contributed by atoms with E-state index in [1.165, 1.54) is 26.1 Å². The molecule has 0 fully saturated rings. The monoisotopic (exact) mass is 273 g/mol. The van der Waals surface area contributed by atoms with Crippen LogP contribution < -0.4 is 5.32 Å². The van der Waals surface area contributed by atoms with Crippen molar-refractivity contribution < 1.29 is 0 Å². The van der Waals surface area contributed by atoms with Gasteiger partial charge in [-0.3, -0.25) is 0 Å². The van der Waals surface area contributed by atoms with E-state index in [2.05, 4.69) is 53.3 Å². The summed E-state index contributed by atoms with van der Waals surface area (Å²) < 4.78 is 1.38. The van der Waals surface area contributed by atoms with E-state index < -0.39 is 0 Å². The fraction of sp³-hybridized carbons (Fsp3) is 0.200. The number of hydrogen-bond acceptors (Lipinski definition) is 3. The van der Waals surface area contributed by atoms with Gasteiger partial charge in [0.15, 0.2) is 0 Å². The molecular formula is C15H15NS2. The van der Waals surface area contributed by atoms with Crippen molar-refractivity contribution in [3.63, 3.8) is 0 Å². The maximum atomic E-state index is 3.54. The van der Waals surface area contributed by atoms with Crippen LogP contribution in [0.3, 0.4) is 0 Å². The highest BCUT2D eigenvalue weighted by Crippen LogP contribution is 2.25. The topological polar surface area (TPSA) is 12.0 Å². The zero-order valence-electron chi connectivity index (χ0n) is 10.3. The van der Waals surface area contributed by atoms with Crippen LogP contribution in [0.1, 0.15) is 16.0 Å². The Bertz CT molecular complexity index is 651. The molecule has 3 heteroatoms. The molecule has 0 bridgehead atoms. The van der Waals surface area contributed by atoms with E-state index in [9.17, 15) is 0 Å². The van der Waals surface area contributed by atoms with Crippen molar-refractivity contribution in [2.24, 2.45) is 0 Å². The van der Waals surface area contributed by atoms with E-state index in [4.69, 9.17) is 0 Å². The molecule has 0 aliphatic carbocycles. The minimum atomic E-state index is 0.946. The van der Waals surface area contributed by atoms with Gasteiger partial charge in [-0.05, 0) is 46.3 Å². The number of thiophene rings is 2. The van der Waals surface area contributed by atoms with Crippen molar-refractivity contribution in [1.82, 2.24) is 5.32 Å². The van der Waals surface area contributed by atoms with Crippen molar-refractivity contribution >= 4 is 32.8 Å². The Morgan fingerprint density at radius 1 is 1.06 bits per heavy atom. The lowest BCUT2D eigenvalue weighted by Crippen LogP contribution is -2.11. The summed E-state index contributed by atoms with van der Waals surface area (Å²) in [5, 5.41) is 9.35. The van der Waals surface area contributed by atoms with Crippen molar-refractivity contribution in [2.45, 2.75) is 20.0 Å². The summed E-state index contributed by atoms with van der Waals surface area (Å²) in [6.07, 6.45) is 0. The van der Waals surface area contributed by atoms with Gasteiger partial charge in [0.1, 0.15) is 0 Å². The molecule has 0 aliphatic rings. The van der Waals surface area contributed by atoms with E-state index in [0.29, 0.717) is 0 Å². The summed E-state index contributed by atoms with van der Waals surface area (Å²) in [4.78, 5) is 1.44. The summed E-state index contributed by atoms with van der Waals surface area (Å²) in [5.41, 5.74) is 2.80. The number of fused-ring (bicyclic) bond motifs is 1. The Labute approximate surface area is 115 Å². The van der Waals surface area contributed by atoms with Crippen molar-refractivity contribution in [1.29, 1.82) is 0 Å². The van der Waals surface area contributed by atoms with Crippen LogP contribution in [0.15, 0.2) is 41.1 Å². The largest absolute Gasteiger partial charge is 0.308 e. The summed E-state index contributed by atoms with van der Waals surface area (Å²) in [7, 11) is 0. The van der Waals surface area contributed by atoms with Crippen LogP contribution in [0.4, 0.5) is 0 Å². The second-order valence-electron chi connectivity index (χ2n) is 4.39. The Balaban J connectivity index is 1.68. The molecule has 2 heterocycles. The van der Waals surface area contributed by atoms with E-state index in [-0.39, 0.29) is 0 Å². The molecule has 0 amide bonds. The third-order valence-electron chi connectivity index (χ3n) is 3.13. The molecule has 0 saturated heterocycles. The molecule has 92 valence electrons. The van der Waals surface area contributed by atoms with Gasteiger partial charge in [-0.2, -0.15) is 0 Å². The number of aryl methyl sites for hydroxylation is 1. The fourth-order valence-electron chi connectivity index (χ4n) is 2.07. The first-order valence-electron chi connectivity index (χ1n) is 6.03. The van der Waals surface area contributed by atoms with Gasteiger partial charge < -0.3 is 5.32 Å². The number of hydrogen-bond donors (Lipinski definition) is 1. The Kier molecular flexibility index (Phi) is 3.46. The maximum Gasteiger partial charge on any atom is 0.0346 e. The van der Waals surface area contributed by atoms with Crippen LogP contribution in [0, 0.1) is 6.92 Å². The second kappa shape index (κ2) is 5.22. The van der Waals surface area contributed by atoms with Crippen LogP contribution in [0.25, 0.3) is 10.1 Å². The van der Waals surface area contributed by atoms with Gasteiger partial charge in [0.25, 0.3) is 0 Å². The molecule has 18 heavy (non-hydrogen) atoms. The molecule has 3 rings (SSSR count). The minimum Gasteiger partial charge on any atom is -0.308 e. The lowest BCUT2D eigenvalue weighted by molar-refractivity contribution is 0.703. The van der Waals surface area contributed by atoms with Gasteiger partial charge >= 0.3 is 0 Å². The fourth-order valence-corrected chi connectivity index (χ4v) is 3.90. The lowest BCUT2D eigenvalue weighted by Gasteiger charge is -2.03. The van der Waals surface area contributed by atoms with Crippen LogP contribution in [0.2, 0.25) is 0 Å². The first-order chi connectivity index (χ1) is 8.84. The molecule has 1 N–H and O–H groups in total. The van der Waals surface area contributed by atoms with Crippen LogP contribution in [0.5, 0.6) is 0 Å². The van der Waals surface area contributed by atoms with Gasteiger partial charge in [0.2, 0.25) is 0 Å². The van der Waals surface area contributed by atoms with Gasteiger partial charge in [-0.1, -0.05) is 18.2 Å². The molecule has 0 atom stereocenters. The third-order valence-corrected chi connectivity index (χ3v) is 5.17. The summed E-state index contributed by atoms with van der Waals surface area (Å²) in [6.45, 7) is 4.09. The van der Waals surface area contributed by atoms with E-state index in [1.807, 2.05) is 22.7 Å². The van der Waals surface area contributed by atoms with Crippen molar-refractivity contribution in [2.75, 3.05) is 0 Å². The molecule has 1 aromatic carbocycles. The van der Waals surface area contributed by atoms with Gasteiger partial charge in [0.05, 0.1) is 0 Å². The van der Waals surface area contributed by atoms with Gasteiger partial charge in [-0.25, -0.2) is 0 Å². The molecule has 3 aromatic rings. The van der Waals surface area contributed by atoms with Crippen molar-refractivity contribution in [3.8, 4) is 0 Å². The Morgan fingerprint density at radius 2 is 1.94 bits per heavy atom. The average Bonchev–Trinajstić information content (AvgIpc) is 2.97. The normalized spacial score (nSPS) is 11.2. The summed E-state index contributed by atoms with van der Waals surface area (Å²) in [6, 6.07) is 10.8. The summed E-state index contributed by atoms with van der Waals surface area (Å²) >= 11 is 3.66. The van der Waals surface area contributed by atoms with Gasteiger partial charge in [0, 0.05) is 22.7 Å². The predicted octanol–water partition coefficient (Wildman–Crippen LogP) is 4.56. The molecular weight excluding hydrogens is 258 g/mol. The van der Waals surface area contributed by atoms with E-state index in [0.717, 1.165) is 13.1 Å². The zero-order chi connectivity index (χ0) is 12.4. The second-order valence-corrected chi connectivity index (χ2v) is 6.30. The molecule has 0 unspecified atom stereocenters. The molecule has 1 nitrogen and oxygen atoms in total.